The highest BCUT2D eigenvalue weighted by atomic mass is 16.5. The van der Waals surface area contributed by atoms with Crippen molar-refractivity contribution in [3.05, 3.63) is 35.9 Å². The zero-order valence-electron chi connectivity index (χ0n) is 12.8. The van der Waals surface area contributed by atoms with E-state index in [0.717, 1.165) is 18.4 Å². The highest BCUT2D eigenvalue weighted by molar-refractivity contribution is 5.78. The molecule has 1 unspecified atom stereocenters. The fraction of sp³-hybridized carbons (Fsp3) is 0.588. The summed E-state index contributed by atoms with van der Waals surface area (Å²) in [6.45, 7) is -0.259. The van der Waals surface area contributed by atoms with Gasteiger partial charge in [0.2, 0.25) is 0 Å². The number of esters is 1. The first-order valence-corrected chi connectivity index (χ1v) is 7.86. The number of carbonyl (C=O) groups excluding carboxylic acids is 1. The average Bonchev–Trinajstić information content (AvgIpc) is 2.68. The second kappa shape index (κ2) is 6.36. The Balaban J connectivity index is 1.65. The van der Waals surface area contributed by atoms with E-state index in [1.807, 2.05) is 37.4 Å². The summed E-state index contributed by atoms with van der Waals surface area (Å²) in [4.78, 5) is 14.6. The number of ether oxygens (including phenoxy) is 1. The number of hydrogen-bond acceptors (Lipinski definition) is 5. The van der Waals surface area contributed by atoms with E-state index in [1.165, 1.54) is 0 Å². The lowest BCUT2D eigenvalue weighted by molar-refractivity contribution is -0.155. The average molecular weight is 305 g/mol. The van der Waals surface area contributed by atoms with E-state index in [1.54, 1.807) is 0 Å². The van der Waals surface area contributed by atoms with Gasteiger partial charge in [0.25, 0.3) is 0 Å². The maximum absolute atomic E-state index is 12.4. The third kappa shape index (κ3) is 2.89. The van der Waals surface area contributed by atoms with Gasteiger partial charge in [0.05, 0.1) is 12.7 Å². The number of nitrogens with zero attached hydrogens (tertiary/aromatic N) is 1. The molecule has 0 aliphatic carbocycles. The predicted molar refractivity (Wildman–Crippen MR) is 81.3 cm³/mol. The highest BCUT2D eigenvalue weighted by Crippen LogP contribution is 2.36. The van der Waals surface area contributed by atoms with Crippen LogP contribution in [0.2, 0.25) is 0 Å². The molecule has 3 rings (SSSR count). The van der Waals surface area contributed by atoms with Crippen LogP contribution in [-0.4, -0.2) is 59.0 Å². The second-order valence-electron chi connectivity index (χ2n) is 6.37. The molecule has 2 N–H and O–H groups in total. The van der Waals surface area contributed by atoms with Gasteiger partial charge in [0.1, 0.15) is 12.0 Å². The second-order valence-corrected chi connectivity index (χ2v) is 6.37. The molecule has 0 saturated carbocycles. The van der Waals surface area contributed by atoms with Gasteiger partial charge in [-0.1, -0.05) is 30.3 Å². The molecule has 0 aromatic heterocycles. The number of aliphatic hydroxyl groups excluding tert-OH is 2. The molecule has 2 heterocycles. The molecule has 2 aliphatic rings. The minimum absolute atomic E-state index is 0.0702. The van der Waals surface area contributed by atoms with Crippen LogP contribution in [0.5, 0.6) is 0 Å². The zero-order chi connectivity index (χ0) is 15.7. The highest BCUT2D eigenvalue weighted by Gasteiger charge is 2.45. The number of hydrogen-bond donors (Lipinski definition) is 2. The van der Waals surface area contributed by atoms with Crippen molar-refractivity contribution < 1.29 is 19.7 Å². The Morgan fingerprint density at radius 3 is 2.68 bits per heavy atom. The van der Waals surface area contributed by atoms with Crippen molar-refractivity contribution in [2.75, 3.05) is 13.7 Å². The number of fused-ring (bicyclic) bond motifs is 2. The molecule has 1 aromatic rings. The van der Waals surface area contributed by atoms with Crippen LogP contribution >= 0.6 is 0 Å². The van der Waals surface area contributed by atoms with Crippen molar-refractivity contribution in [3.63, 3.8) is 0 Å². The van der Waals surface area contributed by atoms with Crippen molar-refractivity contribution in [1.29, 1.82) is 0 Å². The molecule has 1 aromatic carbocycles. The molecule has 0 spiro atoms. The molecule has 5 nitrogen and oxygen atoms in total. The summed E-state index contributed by atoms with van der Waals surface area (Å²) in [6.07, 6.45) is 1.66. The SMILES string of the molecule is CN1[C@H]2CC(O)[C@@H]1C[C@H](OC(=O)[C@H](CO)c1ccccc1)C2. The number of carbonyl (C=O) groups is 1. The monoisotopic (exact) mass is 305 g/mol. The predicted octanol–water partition coefficient (Wildman–Crippen LogP) is 0.902. The molecule has 2 fully saturated rings. The Morgan fingerprint density at radius 2 is 2.05 bits per heavy atom. The van der Waals surface area contributed by atoms with Crippen molar-refractivity contribution >= 4 is 5.97 Å². The van der Waals surface area contributed by atoms with E-state index in [0.29, 0.717) is 6.42 Å². The number of benzene rings is 1. The summed E-state index contributed by atoms with van der Waals surface area (Å²) in [7, 11) is 2.02. The summed E-state index contributed by atoms with van der Waals surface area (Å²) in [6, 6.07) is 9.56. The van der Waals surface area contributed by atoms with E-state index in [-0.39, 0.29) is 36.9 Å². The molecule has 0 radical (unpaired) electrons. The van der Waals surface area contributed by atoms with Crippen molar-refractivity contribution in [2.24, 2.45) is 0 Å². The Kier molecular flexibility index (Phi) is 4.47. The molecule has 2 saturated heterocycles. The third-order valence-electron chi connectivity index (χ3n) is 5.05. The smallest absolute Gasteiger partial charge is 0.316 e. The number of likely N-dealkylation sites (N-methyl/N-ethyl adjacent to an activating group) is 1. The van der Waals surface area contributed by atoms with Crippen LogP contribution in [0.3, 0.4) is 0 Å². The lowest BCUT2D eigenvalue weighted by Gasteiger charge is -2.36. The van der Waals surface area contributed by atoms with E-state index in [4.69, 9.17) is 4.74 Å². The van der Waals surface area contributed by atoms with Crippen molar-refractivity contribution in [1.82, 2.24) is 4.90 Å². The molecule has 120 valence electrons. The summed E-state index contributed by atoms with van der Waals surface area (Å²) in [5, 5.41) is 19.6. The van der Waals surface area contributed by atoms with Gasteiger partial charge < -0.3 is 14.9 Å². The Morgan fingerprint density at radius 1 is 1.32 bits per heavy atom. The first kappa shape index (κ1) is 15.5. The van der Waals surface area contributed by atoms with Gasteiger partial charge in [-0.15, -0.1) is 0 Å². The largest absolute Gasteiger partial charge is 0.462 e. The molecule has 2 aliphatic heterocycles. The van der Waals surface area contributed by atoms with E-state index >= 15 is 0 Å². The van der Waals surface area contributed by atoms with Crippen LogP contribution in [0, 0.1) is 0 Å². The zero-order valence-corrected chi connectivity index (χ0v) is 12.8. The fourth-order valence-corrected chi connectivity index (χ4v) is 3.74. The standard InChI is InChI=1S/C17H23NO4/c1-18-12-7-13(9-15(18)16(20)8-12)22-17(21)14(10-19)11-5-3-2-4-6-11/h2-6,12-16,19-20H,7-10H2,1H3/t12-,13-,14-,15+,16?/m1/s1. The molecule has 5 heteroatoms. The lowest BCUT2D eigenvalue weighted by atomic mass is 9.98. The molecular weight excluding hydrogens is 282 g/mol. The topological polar surface area (TPSA) is 70.0 Å². The number of piperidine rings is 1. The van der Waals surface area contributed by atoms with Gasteiger partial charge >= 0.3 is 5.97 Å². The minimum Gasteiger partial charge on any atom is -0.462 e. The molecule has 2 bridgehead atoms. The van der Waals surface area contributed by atoms with Crippen molar-refractivity contribution in [3.8, 4) is 0 Å². The van der Waals surface area contributed by atoms with Crippen LogP contribution in [-0.2, 0) is 9.53 Å². The van der Waals surface area contributed by atoms with Crippen LogP contribution in [0.4, 0.5) is 0 Å². The van der Waals surface area contributed by atoms with Gasteiger partial charge in [0.15, 0.2) is 0 Å². The summed E-state index contributed by atoms with van der Waals surface area (Å²) < 4.78 is 5.64. The van der Waals surface area contributed by atoms with Crippen LogP contribution in [0.25, 0.3) is 0 Å². The first-order valence-electron chi connectivity index (χ1n) is 7.86. The van der Waals surface area contributed by atoms with Crippen molar-refractivity contribution in [2.45, 2.75) is 49.5 Å². The summed E-state index contributed by atoms with van der Waals surface area (Å²) in [5.74, 6) is -1.01. The fourth-order valence-electron chi connectivity index (χ4n) is 3.74. The Bertz CT molecular complexity index is 521. The number of rotatable bonds is 4. The Labute approximate surface area is 130 Å². The van der Waals surface area contributed by atoms with Gasteiger partial charge in [0, 0.05) is 24.9 Å². The quantitative estimate of drug-likeness (QED) is 0.809. The van der Waals surface area contributed by atoms with Gasteiger partial charge in [-0.2, -0.15) is 0 Å². The van der Waals surface area contributed by atoms with Crippen LogP contribution in [0.15, 0.2) is 30.3 Å². The first-order chi connectivity index (χ1) is 10.6. The summed E-state index contributed by atoms with van der Waals surface area (Å²) >= 11 is 0. The lowest BCUT2D eigenvalue weighted by Crippen LogP contribution is -2.45. The van der Waals surface area contributed by atoms with E-state index in [2.05, 4.69) is 4.90 Å². The third-order valence-corrected chi connectivity index (χ3v) is 5.05. The van der Waals surface area contributed by atoms with Crippen LogP contribution in [0.1, 0.15) is 30.7 Å². The van der Waals surface area contributed by atoms with E-state index in [9.17, 15) is 15.0 Å². The molecular formula is C17H23NO4. The molecule has 5 atom stereocenters. The van der Waals surface area contributed by atoms with Gasteiger partial charge in [-0.25, -0.2) is 0 Å². The molecule has 0 amide bonds. The number of aliphatic hydroxyl groups is 2. The maximum Gasteiger partial charge on any atom is 0.316 e. The van der Waals surface area contributed by atoms with Gasteiger partial charge in [-0.3, -0.25) is 9.69 Å². The maximum atomic E-state index is 12.4. The van der Waals surface area contributed by atoms with Gasteiger partial charge in [-0.05, 0) is 19.0 Å². The minimum atomic E-state index is -0.636. The molecule has 22 heavy (non-hydrogen) atoms. The van der Waals surface area contributed by atoms with Crippen LogP contribution < -0.4 is 0 Å². The normalized spacial score (nSPS) is 32.7. The summed E-state index contributed by atoms with van der Waals surface area (Å²) in [5.41, 5.74) is 0.769. The van der Waals surface area contributed by atoms with E-state index < -0.39 is 5.92 Å². The Hall–Kier alpha value is -1.43.